The average Bonchev–Trinajstić information content (AvgIpc) is 2.51. The fourth-order valence-electron chi connectivity index (χ4n) is 0.501. The zero-order chi connectivity index (χ0) is 11.2. The fourth-order valence-corrected chi connectivity index (χ4v) is 1.50. The van der Waals surface area contributed by atoms with Crippen molar-refractivity contribution in [3.8, 4) is 0 Å². The summed E-state index contributed by atoms with van der Waals surface area (Å²) in [5.74, 6) is 0. The highest BCUT2D eigenvalue weighted by Crippen LogP contribution is 2.47. The zero-order valence-electron chi connectivity index (χ0n) is 8.50. The first-order chi connectivity index (χ1) is 6.33. The van der Waals surface area contributed by atoms with Gasteiger partial charge in [-0.1, -0.05) is 7.43 Å². The number of hydrogen-bond donors (Lipinski definition) is 1. The minimum atomic E-state index is -2.60. The second-order valence-electron chi connectivity index (χ2n) is 2.78. The molecule has 0 spiro atoms. The molecule has 1 N–H and O–H groups in total. The zero-order valence-corrected chi connectivity index (χ0v) is 10.3. The summed E-state index contributed by atoms with van der Waals surface area (Å²) in [4.78, 5) is 0. The molecule has 0 aromatic rings. The Labute approximate surface area is 90.9 Å². The van der Waals surface area contributed by atoms with Crippen LogP contribution < -0.4 is 0 Å². The maximum atomic E-state index is 10.6. The molecule has 1 fully saturated rings. The van der Waals surface area contributed by atoms with Crippen LogP contribution in [-0.2, 0) is 22.7 Å². The molecule has 0 bridgehead atoms. The van der Waals surface area contributed by atoms with Crippen molar-refractivity contribution in [2.75, 3.05) is 40.0 Å². The van der Waals surface area contributed by atoms with E-state index in [4.69, 9.17) is 5.11 Å². The summed E-state index contributed by atoms with van der Waals surface area (Å²) in [6.07, 6.45) is -0.372. The molecule has 94 valence electrons. The molecule has 0 saturated carbocycles. The van der Waals surface area contributed by atoms with Crippen LogP contribution in [0, 0.1) is 0 Å². The van der Waals surface area contributed by atoms with Gasteiger partial charge in [-0.15, -0.1) is 0 Å². The van der Waals surface area contributed by atoms with Crippen LogP contribution in [0.25, 0.3) is 0 Å². The lowest BCUT2D eigenvalue weighted by Gasteiger charge is -2.03. The molecule has 1 rings (SSSR count). The molecule has 1 aliphatic heterocycles. The highest BCUT2D eigenvalue weighted by atomic mass is 31.2. The Morgan fingerprint density at radius 2 is 1.87 bits per heavy atom. The van der Waals surface area contributed by atoms with Gasteiger partial charge in [-0.25, -0.2) is 0 Å². The third-order valence-corrected chi connectivity index (χ3v) is 3.97. The molecule has 0 amide bonds. The van der Waals surface area contributed by atoms with Crippen LogP contribution in [-0.4, -0.2) is 45.1 Å². The summed E-state index contributed by atoms with van der Waals surface area (Å²) in [5.41, 5.74) is 0. The second kappa shape index (κ2) is 7.55. The molecular formula is C7H20O6P2. The monoisotopic (exact) mass is 262 g/mol. The maximum Gasteiger partial charge on any atom is 0.327 e. The Balaban J connectivity index is 0. The van der Waals surface area contributed by atoms with Crippen molar-refractivity contribution in [2.45, 2.75) is 7.43 Å². The average molecular weight is 262 g/mol. The Hall–Kier alpha value is 0.300. The molecule has 6 nitrogen and oxygen atoms in total. The summed E-state index contributed by atoms with van der Waals surface area (Å²) < 4.78 is 34.8. The van der Waals surface area contributed by atoms with Crippen molar-refractivity contribution in [1.29, 1.82) is 0 Å². The lowest BCUT2D eigenvalue weighted by molar-refractivity contribution is 0.314. The highest BCUT2D eigenvalue weighted by Gasteiger charge is 2.22. The predicted octanol–water partition coefficient (Wildman–Crippen LogP) is 1.98. The lowest BCUT2D eigenvalue weighted by Crippen LogP contribution is -1.86. The van der Waals surface area contributed by atoms with Crippen LogP contribution in [0.15, 0.2) is 0 Å². The summed E-state index contributed by atoms with van der Waals surface area (Å²) in [7, 11) is -3.83. The number of aliphatic hydroxyl groups excluding tert-OH is 1. The van der Waals surface area contributed by atoms with Crippen LogP contribution in [0.4, 0.5) is 0 Å². The van der Waals surface area contributed by atoms with Gasteiger partial charge in [0.25, 0.3) is 0 Å². The largest absolute Gasteiger partial charge is 0.386 e. The van der Waals surface area contributed by atoms with Gasteiger partial charge in [0, 0.05) is 20.4 Å². The third kappa shape index (κ3) is 9.24. The molecule has 0 radical (unpaired) electrons. The van der Waals surface area contributed by atoms with Gasteiger partial charge in [0.2, 0.25) is 7.37 Å². The van der Waals surface area contributed by atoms with Crippen LogP contribution in [0.2, 0.25) is 0 Å². The van der Waals surface area contributed by atoms with Crippen molar-refractivity contribution < 1.29 is 27.8 Å². The predicted molar refractivity (Wildman–Crippen MR) is 59.8 cm³/mol. The van der Waals surface area contributed by atoms with E-state index >= 15 is 0 Å². The Morgan fingerprint density at radius 3 is 1.93 bits per heavy atom. The molecule has 8 heteroatoms. The molecule has 15 heavy (non-hydrogen) atoms. The molecule has 0 aliphatic carbocycles. The van der Waals surface area contributed by atoms with Crippen molar-refractivity contribution in [3.05, 3.63) is 0 Å². The first-order valence-corrected chi connectivity index (χ1v) is 8.17. The van der Waals surface area contributed by atoms with Gasteiger partial charge >= 0.3 is 7.60 Å². The minimum Gasteiger partial charge on any atom is -0.386 e. The summed E-state index contributed by atoms with van der Waals surface area (Å²) in [6.45, 7) is 3.81. The fraction of sp³-hybridized carbons (Fsp3) is 1.00. The normalized spacial score (nSPS) is 21.9. The standard InChI is InChI=1S/C3H7O3P.C3H9O3P.CH4/c1-7(4)5-2-3-6-7;1-6-7(2,5)3-4;/h2-3H2,1H3;4H,3H2,1-2H3;1H4. The highest BCUT2D eigenvalue weighted by molar-refractivity contribution is 7.57. The molecule has 1 heterocycles. The van der Waals surface area contributed by atoms with E-state index in [1.54, 1.807) is 0 Å². The van der Waals surface area contributed by atoms with E-state index in [0.29, 0.717) is 13.2 Å². The minimum absolute atomic E-state index is 0. The molecule has 1 saturated heterocycles. The van der Waals surface area contributed by atoms with Gasteiger partial charge in [0.15, 0.2) is 0 Å². The Kier molecular flexibility index (Phi) is 8.91. The molecule has 1 aliphatic rings. The van der Waals surface area contributed by atoms with E-state index in [1.165, 1.54) is 20.4 Å². The number of hydrogen-bond acceptors (Lipinski definition) is 6. The maximum absolute atomic E-state index is 10.6. The molecule has 0 aromatic carbocycles. The van der Waals surface area contributed by atoms with Crippen molar-refractivity contribution in [3.63, 3.8) is 0 Å². The van der Waals surface area contributed by atoms with Gasteiger partial charge in [-0.2, -0.15) is 0 Å². The van der Waals surface area contributed by atoms with Crippen LogP contribution in [0.3, 0.4) is 0 Å². The Morgan fingerprint density at radius 1 is 1.47 bits per heavy atom. The van der Waals surface area contributed by atoms with Crippen molar-refractivity contribution in [2.24, 2.45) is 0 Å². The molecule has 1 unspecified atom stereocenters. The third-order valence-electron chi connectivity index (χ3n) is 1.38. The van der Waals surface area contributed by atoms with E-state index in [1.807, 2.05) is 0 Å². The van der Waals surface area contributed by atoms with E-state index in [9.17, 15) is 9.13 Å². The van der Waals surface area contributed by atoms with Gasteiger partial charge < -0.3 is 18.7 Å². The van der Waals surface area contributed by atoms with Gasteiger partial charge in [-0.05, 0) is 0 Å². The van der Waals surface area contributed by atoms with E-state index in [-0.39, 0.29) is 13.8 Å². The summed E-state index contributed by atoms with van der Waals surface area (Å²) in [5, 5.41) is 8.21. The van der Waals surface area contributed by atoms with Crippen LogP contribution in [0.5, 0.6) is 0 Å². The summed E-state index contributed by atoms with van der Waals surface area (Å²) in [6, 6.07) is 0. The van der Waals surface area contributed by atoms with Gasteiger partial charge in [-0.3, -0.25) is 9.13 Å². The quantitative estimate of drug-likeness (QED) is 0.766. The smallest absolute Gasteiger partial charge is 0.327 e. The summed E-state index contributed by atoms with van der Waals surface area (Å²) >= 11 is 0. The van der Waals surface area contributed by atoms with E-state index in [0.717, 1.165) is 0 Å². The van der Waals surface area contributed by atoms with Crippen molar-refractivity contribution in [1.82, 2.24) is 0 Å². The Bertz CT molecular complexity index is 230. The number of aliphatic hydroxyl groups is 1. The number of rotatable bonds is 2. The second-order valence-corrected chi connectivity index (χ2v) is 7.51. The van der Waals surface area contributed by atoms with Gasteiger partial charge in [0.1, 0.15) is 6.35 Å². The first-order valence-electron chi connectivity index (χ1n) is 3.93. The lowest BCUT2D eigenvalue weighted by atomic mass is 10.8. The van der Waals surface area contributed by atoms with Crippen molar-refractivity contribution >= 4 is 15.0 Å². The topological polar surface area (TPSA) is 82.1 Å². The molecule has 1 atom stereocenters. The first kappa shape index (κ1) is 17.7. The molecule has 0 aromatic heterocycles. The van der Waals surface area contributed by atoms with Crippen LogP contribution >= 0.6 is 15.0 Å². The van der Waals surface area contributed by atoms with E-state index < -0.39 is 15.0 Å². The van der Waals surface area contributed by atoms with Gasteiger partial charge in [0.05, 0.1) is 13.2 Å². The SMILES string of the molecule is C.COP(C)(=O)CO.CP1(=O)OCCO1. The van der Waals surface area contributed by atoms with E-state index in [2.05, 4.69) is 13.6 Å². The van der Waals surface area contributed by atoms with Crippen LogP contribution in [0.1, 0.15) is 7.43 Å². The molecular weight excluding hydrogens is 242 g/mol.